The molecule has 2 heterocycles. The van der Waals surface area contributed by atoms with E-state index in [0.29, 0.717) is 18.1 Å². The van der Waals surface area contributed by atoms with E-state index in [2.05, 4.69) is 15.1 Å². The number of hydrogen-bond acceptors (Lipinski definition) is 5. The van der Waals surface area contributed by atoms with Crippen LogP contribution in [0, 0.1) is 13.8 Å². The number of anilines is 1. The number of nitrogens with two attached hydrogens (primary N) is 1. The van der Waals surface area contributed by atoms with Crippen LogP contribution in [0.1, 0.15) is 22.8 Å². The Morgan fingerprint density at radius 1 is 1.05 bits per heavy atom. The number of nitrogen functional groups attached to an aromatic ring is 1. The van der Waals surface area contributed by atoms with Gasteiger partial charge in [-0.3, -0.25) is 4.98 Å². The highest BCUT2D eigenvalue weighted by molar-refractivity contribution is 5.55. The molecular formula is C16H16N4O. The van der Waals surface area contributed by atoms with E-state index in [1.165, 1.54) is 0 Å². The molecule has 0 amide bonds. The molecule has 106 valence electrons. The Morgan fingerprint density at radius 3 is 2.52 bits per heavy atom. The summed E-state index contributed by atoms with van der Waals surface area (Å²) >= 11 is 0. The average molecular weight is 280 g/mol. The van der Waals surface area contributed by atoms with Crippen molar-refractivity contribution in [2.75, 3.05) is 5.73 Å². The molecule has 2 N–H and O–H groups in total. The van der Waals surface area contributed by atoms with Crippen LogP contribution in [0.5, 0.6) is 0 Å². The monoisotopic (exact) mass is 280 g/mol. The van der Waals surface area contributed by atoms with E-state index < -0.39 is 0 Å². The molecule has 0 aliphatic rings. The zero-order valence-corrected chi connectivity index (χ0v) is 12.0. The third-order valence-electron chi connectivity index (χ3n) is 3.11. The van der Waals surface area contributed by atoms with E-state index in [0.717, 1.165) is 28.2 Å². The summed E-state index contributed by atoms with van der Waals surface area (Å²) in [5, 5.41) is 4.04. The number of benzene rings is 1. The van der Waals surface area contributed by atoms with Crippen molar-refractivity contribution in [1.82, 2.24) is 15.1 Å². The minimum Gasteiger partial charge on any atom is -0.399 e. The molecule has 3 aromatic rings. The van der Waals surface area contributed by atoms with Crippen molar-refractivity contribution in [2.24, 2.45) is 0 Å². The molecule has 0 aliphatic carbocycles. The molecule has 0 atom stereocenters. The van der Waals surface area contributed by atoms with E-state index in [1.807, 2.05) is 50.2 Å². The first-order valence-electron chi connectivity index (χ1n) is 6.73. The van der Waals surface area contributed by atoms with Gasteiger partial charge in [0.25, 0.3) is 0 Å². The minimum absolute atomic E-state index is 0.571. The molecule has 0 aliphatic heterocycles. The smallest absolute Gasteiger partial charge is 0.231 e. The highest BCUT2D eigenvalue weighted by Gasteiger charge is 2.10. The molecular weight excluding hydrogens is 264 g/mol. The van der Waals surface area contributed by atoms with Crippen molar-refractivity contribution in [1.29, 1.82) is 0 Å². The maximum absolute atomic E-state index is 5.77. The molecule has 5 nitrogen and oxygen atoms in total. The summed E-state index contributed by atoms with van der Waals surface area (Å²) in [6.45, 7) is 3.90. The lowest BCUT2D eigenvalue weighted by atomic mass is 10.1. The molecule has 3 rings (SSSR count). The lowest BCUT2D eigenvalue weighted by Gasteiger charge is -1.99. The van der Waals surface area contributed by atoms with Gasteiger partial charge < -0.3 is 10.3 Å². The summed E-state index contributed by atoms with van der Waals surface area (Å²) in [4.78, 5) is 8.79. The Hall–Kier alpha value is -2.69. The van der Waals surface area contributed by atoms with Gasteiger partial charge in [0.05, 0.1) is 6.42 Å². The van der Waals surface area contributed by atoms with E-state index in [4.69, 9.17) is 10.3 Å². The van der Waals surface area contributed by atoms with Gasteiger partial charge in [-0.25, -0.2) is 0 Å². The quantitative estimate of drug-likeness (QED) is 0.746. The summed E-state index contributed by atoms with van der Waals surface area (Å²) in [6.07, 6.45) is 0.571. The first-order chi connectivity index (χ1) is 10.1. The van der Waals surface area contributed by atoms with Crippen molar-refractivity contribution in [3.05, 3.63) is 59.2 Å². The third-order valence-corrected chi connectivity index (χ3v) is 3.11. The molecule has 1 aromatic carbocycles. The maximum atomic E-state index is 5.77. The summed E-state index contributed by atoms with van der Waals surface area (Å²) in [7, 11) is 0. The van der Waals surface area contributed by atoms with Crippen LogP contribution >= 0.6 is 0 Å². The fourth-order valence-corrected chi connectivity index (χ4v) is 2.29. The van der Waals surface area contributed by atoms with Gasteiger partial charge >= 0.3 is 0 Å². The van der Waals surface area contributed by atoms with Crippen LogP contribution in [-0.4, -0.2) is 15.1 Å². The molecule has 2 aromatic heterocycles. The zero-order chi connectivity index (χ0) is 14.8. The SMILES string of the molecule is Cc1cc(-c2noc(Cc3cccc(N)c3)n2)cc(C)n1. The van der Waals surface area contributed by atoms with Gasteiger partial charge in [-0.1, -0.05) is 17.3 Å². The molecule has 21 heavy (non-hydrogen) atoms. The molecule has 0 saturated carbocycles. The van der Waals surface area contributed by atoms with E-state index >= 15 is 0 Å². The van der Waals surface area contributed by atoms with Crippen molar-refractivity contribution in [3.63, 3.8) is 0 Å². The average Bonchev–Trinajstić information content (AvgIpc) is 2.86. The van der Waals surface area contributed by atoms with Crippen LogP contribution in [-0.2, 0) is 6.42 Å². The van der Waals surface area contributed by atoms with Crippen LogP contribution in [0.4, 0.5) is 5.69 Å². The second-order valence-corrected chi connectivity index (χ2v) is 5.07. The van der Waals surface area contributed by atoms with Gasteiger partial charge in [0.2, 0.25) is 11.7 Å². The Bertz CT molecular complexity index is 759. The minimum atomic E-state index is 0.571. The number of aryl methyl sites for hydroxylation is 2. The second kappa shape index (κ2) is 5.36. The number of nitrogens with zero attached hydrogens (tertiary/aromatic N) is 3. The molecule has 0 fully saturated rings. The predicted molar refractivity (Wildman–Crippen MR) is 80.7 cm³/mol. The summed E-state index contributed by atoms with van der Waals surface area (Å²) < 4.78 is 5.32. The van der Waals surface area contributed by atoms with Crippen LogP contribution in [0.15, 0.2) is 40.9 Å². The predicted octanol–water partition coefficient (Wildman–Crippen LogP) is 2.92. The molecule has 0 radical (unpaired) electrons. The van der Waals surface area contributed by atoms with Crippen molar-refractivity contribution >= 4 is 5.69 Å². The molecule has 0 spiro atoms. The molecule has 0 bridgehead atoms. The Balaban J connectivity index is 1.86. The fourth-order valence-electron chi connectivity index (χ4n) is 2.29. The van der Waals surface area contributed by atoms with Gasteiger partial charge in [0.15, 0.2) is 0 Å². The van der Waals surface area contributed by atoms with Crippen molar-refractivity contribution in [2.45, 2.75) is 20.3 Å². The molecule has 0 unspecified atom stereocenters. The lowest BCUT2D eigenvalue weighted by molar-refractivity contribution is 0.386. The van der Waals surface area contributed by atoms with E-state index in [1.54, 1.807) is 0 Å². The summed E-state index contributed by atoms with van der Waals surface area (Å²) in [6, 6.07) is 11.6. The Morgan fingerprint density at radius 2 is 1.81 bits per heavy atom. The third kappa shape index (κ3) is 3.08. The second-order valence-electron chi connectivity index (χ2n) is 5.07. The Labute approximate surface area is 122 Å². The first kappa shape index (κ1) is 13.3. The van der Waals surface area contributed by atoms with Gasteiger partial charge in [0, 0.05) is 22.6 Å². The van der Waals surface area contributed by atoms with Crippen molar-refractivity contribution < 1.29 is 4.52 Å². The normalized spacial score (nSPS) is 10.8. The van der Waals surface area contributed by atoms with Gasteiger partial charge in [0.1, 0.15) is 0 Å². The van der Waals surface area contributed by atoms with Crippen molar-refractivity contribution in [3.8, 4) is 11.4 Å². The summed E-state index contributed by atoms with van der Waals surface area (Å²) in [5.74, 6) is 1.16. The number of pyridine rings is 1. The van der Waals surface area contributed by atoms with Gasteiger partial charge in [-0.05, 0) is 43.7 Å². The summed E-state index contributed by atoms with van der Waals surface area (Å²) in [5.41, 5.74) is 10.3. The van der Waals surface area contributed by atoms with E-state index in [-0.39, 0.29) is 0 Å². The van der Waals surface area contributed by atoms with Crippen LogP contribution in [0.3, 0.4) is 0 Å². The van der Waals surface area contributed by atoms with Crippen LogP contribution in [0.25, 0.3) is 11.4 Å². The number of aromatic nitrogens is 3. The van der Waals surface area contributed by atoms with E-state index in [9.17, 15) is 0 Å². The maximum Gasteiger partial charge on any atom is 0.231 e. The van der Waals surface area contributed by atoms with Gasteiger partial charge in [-0.15, -0.1) is 0 Å². The topological polar surface area (TPSA) is 77.8 Å². The fraction of sp³-hybridized carbons (Fsp3) is 0.188. The highest BCUT2D eigenvalue weighted by Crippen LogP contribution is 2.19. The molecule has 5 heteroatoms. The number of rotatable bonds is 3. The van der Waals surface area contributed by atoms with Crippen LogP contribution < -0.4 is 5.73 Å². The first-order valence-corrected chi connectivity index (χ1v) is 6.73. The Kier molecular flexibility index (Phi) is 3.39. The number of hydrogen-bond donors (Lipinski definition) is 1. The lowest BCUT2D eigenvalue weighted by Crippen LogP contribution is -1.92. The largest absolute Gasteiger partial charge is 0.399 e. The highest BCUT2D eigenvalue weighted by atomic mass is 16.5. The molecule has 0 saturated heterocycles. The van der Waals surface area contributed by atoms with Crippen LogP contribution in [0.2, 0.25) is 0 Å². The standard InChI is InChI=1S/C16H16N4O/c1-10-6-13(7-11(2)18-10)16-19-15(21-20-16)9-12-4-3-5-14(17)8-12/h3-8H,9,17H2,1-2H3. The zero-order valence-electron chi connectivity index (χ0n) is 12.0. The van der Waals surface area contributed by atoms with Gasteiger partial charge in [-0.2, -0.15) is 4.98 Å².